The fraction of sp³-hybridized carbons (Fsp3) is 0.500. The highest BCUT2D eigenvalue weighted by atomic mass is 32.1. The van der Waals surface area contributed by atoms with E-state index in [9.17, 15) is 0 Å². The van der Waals surface area contributed by atoms with Crippen LogP contribution in [-0.4, -0.2) is 24.2 Å². The Kier molecular flexibility index (Phi) is 2.91. The van der Waals surface area contributed by atoms with Crippen LogP contribution in [0.15, 0.2) is 18.2 Å². The smallest absolute Gasteiger partial charge is 0.184 e. The van der Waals surface area contributed by atoms with E-state index in [1.807, 2.05) is 18.2 Å². The molecule has 4 nitrogen and oxygen atoms in total. The van der Waals surface area contributed by atoms with Gasteiger partial charge in [-0.1, -0.05) is 25.2 Å². The number of ether oxygens (including phenoxy) is 1. The highest BCUT2D eigenvalue weighted by Gasteiger charge is 2.48. The van der Waals surface area contributed by atoms with E-state index in [2.05, 4.69) is 24.1 Å². The molecule has 0 radical (unpaired) electrons. The van der Waals surface area contributed by atoms with E-state index in [1.165, 1.54) is 0 Å². The first-order valence-corrected chi connectivity index (χ1v) is 7.28. The number of methoxy groups -OCH3 is 1. The van der Waals surface area contributed by atoms with Gasteiger partial charge >= 0.3 is 0 Å². The number of nitrogens with zero attached hydrogens (tertiary/aromatic N) is 1. The van der Waals surface area contributed by atoms with Crippen LogP contribution in [0.5, 0.6) is 0 Å². The number of fused-ring (bicyclic) bond motifs is 1. The molecule has 2 atom stereocenters. The first-order valence-electron chi connectivity index (χ1n) is 6.46. The molecule has 1 aromatic carbocycles. The maximum atomic E-state index is 5.79. The molecule has 1 heterocycles. The summed E-state index contributed by atoms with van der Waals surface area (Å²) < 4.78 is 6.60. The molecule has 0 spiro atoms. The predicted octanol–water partition coefficient (Wildman–Crippen LogP) is 3.10. The summed E-state index contributed by atoms with van der Waals surface area (Å²) in [4.78, 5) is 4.60. The summed E-state index contributed by atoms with van der Waals surface area (Å²) in [6.45, 7) is 4.46. The molecule has 3 rings (SSSR count). The second kappa shape index (κ2) is 4.35. The van der Waals surface area contributed by atoms with Crippen molar-refractivity contribution >= 4 is 32.4 Å². The second-order valence-electron chi connectivity index (χ2n) is 5.72. The summed E-state index contributed by atoms with van der Waals surface area (Å²) in [6, 6.07) is 6.24. The SMILES string of the molecule is COC1CC(Nc2nc3ccc(N)cc3s2)C1(C)C. The van der Waals surface area contributed by atoms with Gasteiger partial charge in [-0.3, -0.25) is 0 Å². The quantitative estimate of drug-likeness (QED) is 0.846. The number of anilines is 2. The number of benzene rings is 1. The number of hydrogen-bond donors (Lipinski definition) is 2. The van der Waals surface area contributed by atoms with E-state index < -0.39 is 0 Å². The minimum absolute atomic E-state index is 0.144. The minimum Gasteiger partial charge on any atom is -0.399 e. The van der Waals surface area contributed by atoms with Gasteiger partial charge in [0.15, 0.2) is 5.13 Å². The monoisotopic (exact) mass is 277 g/mol. The minimum atomic E-state index is 0.144. The zero-order valence-electron chi connectivity index (χ0n) is 11.4. The van der Waals surface area contributed by atoms with Gasteiger partial charge in [0.05, 0.1) is 16.3 Å². The van der Waals surface area contributed by atoms with Crippen LogP contribution in [0.4, 0.5) is 10.8 Å². The fourth-order valence-electron chi connectivity index (χ4n) is 2.68. The van der Waals surface area contributed by atoms with Crippen LogP contribution in [-0.2, 0) is 4.74 Å². The highest BCUT2D eigenvalue weighted by Crippen LogP contribution is 2.44. The zero-order valence-corrected chi connectivity index (χ0v) is 12.3. The average molecular weight is 277 g/mol. The zero-order chi connectivity index (χ0) is 13.6. The van der Waals surface area contributed by atoms with Gasteiger partial charge in [-0.15, -0.1) is 0 Å². The Labute approximate surface area is 117 Å². The molecule has 0 saturated heterocycles. The van der Waals surface area contributed by atoms with E-state index in [0.29, 0.717) is 12.1 Å². The molecular weight excluding hydrogens is 258 g/mol. The Balaban J connectivity index is 1.79. The van der Waals surface area contributed by atoms with Crippen molar-refractivity contribution in [1.82, 2.24) is 4.98 Å². The third-order valence-electron chi connectivity index (χ3n) is 4.17. The number of rotatable bonds is 3. The molecule has 1 saturated carbocycles. The summed E-state index contributed by atoms with van der Waals surface area (Å²) in [7, 11) is 1.78. The van der Waals surface area contributed by atoms with Crippen LogP contribution in [0.3, 0.4) is 0 Å². The topological polar surface area (TPSA) is 60.2 Å². The Hall–Kier alpha value is -1.33. The summed E-state index contributed by atoms with van der Waals surface area (Å²) in [5, 5.41) is 4.49. The van der Waals surface area contributed by atoms with E-state index >= 15 is 0 Å². The Morgan fingerprint density at radius 2 is 2.26 bits per heavy atom. The van der Waals surface area contributed by atoms with Crippen LogP contribution in [0.1, 0.15) is 20.3 Å². The van der Waals surface area contributed by atoms with E-state index in [1.54, 1.807) is 18.4 Å². The number of nitrogens with one attached hydrogen (secondary N) is 1. The van der Waals surface area contributed by atoms with Crippen molar-refractivity contribution in [1.29, 1.82) is 0 Å². The lowest BCUT2D eigenvalue weighted by molar-refractivity contribution is -0.0794. The van der Waals surface area contributed by atoms with Gasteiger partial charge in [0, 0.05) is 24.3 Å². The Morgan fingerprint density at radius 1 is 1.47 bits per heavy atom. The molecule has 102 valence electrons. The predicted molar refractivity (Wildman–Crippen MR) is 80.6 cm³/mol. The summed E-state index contributed by atoms with van der Waals surface area (Å²) in [5.74, 6) is 0. The molecule has 19 heavy (non-hydrogen) atoms. The van der Waals surface area contributed by atoms with Crippen LogP contribution in [0.2, 0.25) is 0 Å². The van der Waals surface area contributed by atoms with Crippen LogP contribution < -0.4 is 11.1 Å². The molecule has 5 heteroatoms. The largest absolute Gasteiger partial charge is 0.399 e. The van der Waals surface area contributed by atoms with Gasteiger partial charge in [0.2, 0.25) is 0 Å². The van der Waals surface area contributed by atoms with Gasteiger partial charge in [0.25, 0.3) is 0 Å². The van der Waals surface area contributed by atoms with Gasteiger partial charge in [-0.05, 0) is 24.6 Å². The normalized spacial score (nSPS) is 25.2. The summed E-state index contributed by atoms with van der Waals surface area (Å²) >= 11 is 1.66. The second-order valence-corrected chi connectivity index (χ2v) is 6.76. The first-order chi connectivity index (χ1) is 9.00. The molecule has 2 unspecified atom stereocenters. The molecule has 1 fully saturated rings. The molecule has 0 amide bonds. The number of nitrogen functional groups attached to an aromatic ring is 1. The van der Waals surface area contributed by atoms with Crippen molar-refractivity contribution < 1.29 is 4.74 Å². The number of nitrogens with two attached hydrogens (primary N) is 1. The number of hydrogen-bond acceptors (Lipinski definition) is 5. The van der Waals surface area contributed by atoms with Crippen LogP contribution >= 0.6 is 11.3 Å². The van der Waals surface area contributed by atoms with Crippen molar-refractivity contribution in [2.45, 2.75) is 32.4 Å². The van der Waals surface area contributed by atoms with E-state index in [0.717, 1.165) is 27.5 Å². The summed E-state index contributed by atoms with van der Waals surface area (Å²) in [6.07, 6.45) is 1.36. The van der Waals surface area contributed by atoms with Crippen molar-refractivity contribution in [2.75, 3.05) is 18.2 Å². The van der Waals surface area contributed by atoms with Crippen molar-refractivity contribution in [3.8, 4) is 0 Å². The molecular formula is C14H19N3OS. The molecule has 1 aliphatic carbocycles. The Bertz CT molecular complexity index is 608. The standard InChI is InChI=1S/C14H19N3OS/c1-14(2)11(7-12(14)18-3)17-13-16-9-5-4-8(15)6-10(9)19-13/h4-6,11-12H,7,15H2,1-3H3,(H,16,17). The van der Waals surface area contributed by atoms with Crippen molar-refractivity contribution in [3.05, 3.63) is 18.2 Å². The van der Waals surface area contributed by atoms with Crippen LogP contribution in [0.25, 0.3) is 10.2 Å². The Morgan fingerprint density at radius 3 is 2.95 bits per heavy atom. The maximum absolute atomic E-state index is 5.79. The lowest BCUT2D eigenvalue weighted by atomic mass is 9.64. The molecule has 0 aliphatic heterocycles. The fourth-order valence-corrected chi connectivity index (χ4v) is 3.65. The van der Waals surface area contributed by atoms with Gasteiger partial charge < -0.3 is 15.8 Å². The van der Waals surface area contributed by atoms with Gasteiger partial charge in [0.1, 0.15) is 0 Å². The van der Waals surface area contributed by atoms with Crippen molar-refractivity contribution in [2.24, 2.45) is 5.41 Å². The lowest BCUT2D eigenvalue weighted by Gasteiger charge is -2.51. The molecule has 3 N–H and O–H groups in total. The molecule has 2 aromatic rings. The molecule has 0 bridgehead atoms. The molecule has 1 aliphatic rings. The number of thiazole rings is 1. The molecule has 1 aromatic heterocycles. The van der Waals surface area contributed by atoms with Crippen molar-refractivity contribution in [3.63, 3.8) is 0 Å². The van der Waals surface area contributed by atoms with E-state index in [-0.39, 0.29) is 5.41 Å². The lowest BCUT2D eigenvalue weighted by Crippen LogP contribution is -2.57. The van der Waals surface area contributed by atoms with Crippen LogP contribution in [0, 0.1) is 5.41 Å². The average Bonchev–Trinajstić information content (AvgIpc) is 2.75. The number of aromatic nitrogens is 1. The summed E-state index contributed by atoms with van der Waals surface area (Å²) in [5.41, 5.74) is 7.72. The third-order valence-corrected chi connectivity index (χ3v) is 5.12. The van der Waals surface area contributed by atoms with Gasteiger partial charge in [-0.2, -0.15) is 0 Å². The van der Waals surface area contributed by atoms with Gasteiger partial charge in [-0.25, -0.2) is 4.98 Å². The highest BCUT2D eigenvalue weighted by molar-refractivity contribution is 7.22. The van der Waals surface area contributed by atoms with E-state index in [4.69, 9.17) is 10.5 Å². The first kappa shape index (κ1) is 12.7. The maximum Gasteiger partial charge on any atom is 0.184 e. The third kappa shape index (κ3) is 2.07.